The molecule has 1 amide bonds. The molecular weight excluding hydrogens is 548 g/mol. The van der Waals surface area contributed by atoms with Gasteiger partial charge in [-0.15, -0.1) is 0 Å². The Morgan fingerprint density at radius 2 is 1.63 bits per heavy atom. The minimum atomic E-state index is -0.197. The van der Waals surface area contributed by atoms with Crippen molar-refractivity contribution in [3.63, 3.8) is 0 Å². The van der Waals surface area contributed by atoms with Crippen LogP contribution in [0.2, 0.25) is 0 Å². The van der Waals surface area contributed by atoms with Gasteiger partial charge in [0.25, 0.3) is 5.91 Å². The fraction of sp³-hybridized carbons (Fsp3) is 0.484. The van der Waals surface area contributed by atoms with Gasteiger partial charge in [0, 0.05) is 37.4 Å². The van der Waals surface area contributed by atoms with Crippen molar-refractivity contribution in [2.45, 2.75) is 38.6 Å². The van der Waals surface area contributed by atoms with E-state index in [9.17, 15) is 4.79 Å². The number of nitrogens with zero attached hydrogens (tertiary/aromatic N) is 3. The minimum absolute atomic E-state index is 0.197. The van der Waals surface area contributed by atoms with Gasteiger partial charge in [0.1, 0.15) is 5.75 Å². The van der Waals surface area contributed by atoms with E-state index in [2.05, 4.69) is 36.2 Å². The Morgan fingerprint density at radius 3 is 2.42 bits per heavy atom. The monoisotopic (exact) mass is 592 g/mol. The van der Waals surface area contributed by atoms with Gasteiger partial charge in [-0.25, -0.2) is 0 Å². The topological polar surface area (TPSA) is 158 Å². The standard InChI is InChI=1S/C31H44N8O4/c1-41-27-12-5-9-24(19-27)22-35-30-37-29(34-21-23-7-3-2-4-8-23)38-31(39-30)36-26-11-6-10-25(20-26)28(40)33-14-16-43-18-17-42-15-13-32/h5-6,9-12,19-20,23H,2-4,7-8,13-18,21-22,32H2,1H3,(H,33,40)(H3,34,35,36,37,38,39). The highest BCUT2D eigenvalue weighted by Gasteiger charge is 2.15. The number of rotatable bonds is 18. The quantitative estimate of drug-likeness (QED) is 0.136. The highest BCUT2D eigenvalue weighted by atomic mass is 16.5. The van der Waals surface area contributed by atoms with Crippen LogP contribution in [0.4, 0.5) is 23.5 Å². The van der Waals surface area contributed by atoms with Crippen LogP contribution in [0.5, 0.6) is 5.75 Å². The molecule has 1 aliphatic carbocycles. The molecule has 3 aromatic rings. The van der Waals surface area contributed by atoms with Crippen LogP contribution in [-0.4, -0.2) is 74.0 Å². The van der Waals surface area contributed by atoms with E-state index in [4.69, 9.17) is 19.9 Å². The van der Waals surface area contributed by atoms with Gasteiger partial charge in [0.2, 0.25) is 17.8 Å². The van der Waals surface area contributed by atoms with Crippen molar-refractivity contribution < 1.29 is 19.0 Å². The molecule has 1 saturated carbocycles. The average molecular weight is 593 g/mol. The second kappa shape index (κ2) is 17.8. The van der Waals surface area contributed by atoms with Crippen molar-refractivity contribution in [1.29, 1.82) is 0 Å². The summed E-state index contributed by atoms with van der Waals surface area (Å²) in [4.78, 5) is 26.6. The van der Waals surface area contributed by atoms with E-state index >= 15 is 0 Å². The first kappa shape index (κ1) is 31.9. The first-order valence-corrected chi connectivity index (χ1v) is 15.0. The fourth-order valence-corrected chi connectivity index (χ4v) is 4.79. The maximum absolute atomic E-state index is 12.7. The lowest BCUT2D eigenvalue weighted by Crippen LogP contribution is -2.27. The summed E-state index contributed by atoms with van der Waals surface area (Å²) in [5.41, 5.74) is 7.62. The highest BCUT2D eigenvalue weighted by Crippen LogP contribution is 2.24. The lowest BCUT2D eigenvalue weighted by molar-refractivity contribution is 0.0511. The van der Waals surface area contributed by atoms with Crippen molar-refractivity contribution in [3.8, 4) is 5.75 Å². The number of aromatic nitrogens is 3. The number of nitrogens with one attached hydrogen (secondary N) is 4. The average Bonchev–Trinajstić information content (AvgIpc) is 3.04. The molecule has 0 spiro atoms. The second-order valence-electron chi connectivity index (χ2n) is 10.4. The summed E-state index contributed by atoms with van der Waals surface area (Å²) in [6.07, 6.45) is 6.28. The van der Waals surface area contributed by atoms with Crippen LogP contribution < -0.4 is 31.7 Å². The van der Waals surface area contributed by atoms with Gasteiger partial charge in [0.05, 0.1) is 33.5 Å². The van der Waals surface area contributed by atoms with E-state index in [-0.39, 0.29) is 5.91 Å². The molecule has 0 radical (unpaired) electrons. The normalized spacial score (nSPS) is 13.3. The number of benzene rings is 2. The van der Waals surface area contributed by atoms with Gasteiger partial charge in [-0.05, 0) is 54.7 Å². The smallest absolute Gasteiger partial charge is 0.251 e. The molecule has 4 rings (SSSR count). The molecule has 1 aromatic heterocycles. The van der Waals surface area contributed by atoms with Gasteiger partial charge in [0.15, 0.2) is 0 Å². The van der Waals surface area contributed by atoms with E-state index in [1.165, 1.54) is 32.1 Å². The Labute approximate surface area is 253 Å². The summed E-state index contributed by atoms with van der Waals surface area (Å²) in [6, 6.07) is 15.0. The van der Waals surface area contributed by atoms with Crippen molar-refractivity contribution in [3.05, 3.63) is 59.7 Å². The number of anilines is 4. The number of carbonyl (C=O) groups is 1. The van der Waals surface area contributed by atoms with Gasteiger partial charge >= 0.3 is 0 Å². The Morgan fingerprint density at radius 1 is 0.884 bits per heavy atom. The van der Waals surface area contributed by atoms with E-state index in [0.29, 0.717) is 81.1 Å². The van der Waals surface area contributed by atoms with E-state index < -0.39 is 0 Å². The minimum Gasteiger partial charge on any atom is -0.497 e. The molecule has 2 aromatic carbocycles. The molecule has 12 nitrogen and oxygen atoms in total. The molecule has 0 saturated heterocycles. The van der Waals surface area contributed by atoms with Gasteiger partial charge in [-0.2, -0.15) is 15.0 Å². The number of carbonyl (C=O) groups excluding carboxylic acids is 1. The number of amides is 1. The molecule has 0 bridgehead atoms. The van der Waals surface area contributed by atoms with Gasteiger partial charge in [-0.1, -0.05) is 37.5 Å². The zero-order valence-electron chi connectivity index (χ0n) is 24.9. The van der Waals surface area contributed by atoms with Crippen molar-refractivity contribution in [2.75, 3.05) is 69.1 Å². The van der Waals surface area contributed by atoms with Crippen LogP contribution in [0.1, 0.15) is 48.0 Å². The van der Waals surface area contributed by atoms with Crippen LogP contribution in [0.25, 0.3) is 0 Å². The van der Waals surface area contributed by atoms with Crippen molar-refractivity contribution >= 4 is 29.4 Å². The summed E-state index contributed by atoms with van der Waals surface area (Å²) in [7, 11) is 1.65. The van der Waals surface area contributed by atoms with Crippen LogP contribution in [0, 0.1) is 5.92 Å². The summed E-state index contributed by atoms with van der Waals surface area (Å²) >= 11 is 0. The summed E-state index contributed by atoms with van der Waals surface area (Å²) in [6.45, 7) is 4.04. The van der Waals surface area contributed by atoms with Crippen LogP contribution >= 0.6 is 0 Å². The largest absolute Gasteiger partial charge is 0.497 e. The van der Waals surface area contributed by atoms with E-state index in [1.807, 2.05) is 36.4 Å². The molecule has 1 aliphatic rings. The second-order valence-corrected chi connectivity index (χ2v) is 10.4. The summed E-state index contributed by atoms with van der Waals surface area (Å²) in [5, 5.41) is 12.9. The molecule has 43 heavy (non-hydrogen) atoms. The first-order chi connectivity index (χ1) is 21.1. The zero-order valence-corrected chi connectivity index (χ0v) is 24.9. The molecule has 232 valence electrons. The number of hydrogen-bond acceptors (Lipinski definition) is 11. The third kappa shape index (κ3) is 11.3. The van der Waals surface area contributed by atoms with Crippen LogP contribution in [0.15, 0.2) is 48.5 Å². The van der Waals surface area contributed by atoms with E-state index in [1.54, 1.807) is 19.2 Å². The lowest BCUT2D eigenvalue weighted by atomic mass is 9.89. The predicted molar refractivity (Wildman–Crippen MR) is 168 cm³/mol. The lowest BCUT2D eigenvalue weighted by Gasteiger charge is -2.21. The SMILES string of the molecule is COc1cccc(CNc2nc(NCC3CCCCC3)nc(Nc3cccc(C(=O)NCCOCCOCCN)c3)n2)c1. The molecule has 1 heterocycles. The van der Waals surface area contributed by atoms with Gasteiger partial charge < -0.3 is 41.2 Å². The zero-order chi connectivity index (χ0) is 30.1. The molecule has 1 fully saturated rings. The molecular formula is C31H44N8O4. The Hall–Kier alpha value is -4.00. The van der Waals surface area contributed by atoms with Gasteiger partial charge in [-0.3, -0.25) is 4.79 Å². The predicted octanol–water partition coefficient (Wildman–Crippen LogP) is 3.95. The third-order valence-electron chi connectivity index (χ3n) is 7.04. The number of ether oxygens (including phenoxy) is 3. The summed E-state index contributed by atoms with van der Waals surface area (Å²) in [5.74, 6) is 2.51. The molecule has 12 heteroatoms. The molecule has 0 aliphatic heterocycles. The molecule has 6 N–H and O–H groups in total. The van der Waals surface area contributed by atoms with E-state index in [0.717, 1.165) is 17.9 Å². The molecule has 0 unspecified atom stereocenters. The summed E-state index contributed by atoms with van der Waals surface area (Å²) < 4.78 is 16.1. The number of methoxy groups -OCH3 is 1. The molecule has 0 atom stereocenters. The fourth-order valence-electron chi connectivity index (χ4n) is 4.79. The third-order valence-corrected chi connectivity index (χ3v) is 7.04. The van der Waals surface area contributed by atoms with Crippen LogP contribution in [-0.2, 0) is 16.0 Å². The first-order valence-electron chi connectivity index (χ1n) is 15.0. The van der Waals surface area contributed by atoms with Crippen molar-refractivity contribution in [2.24, 2.45) is 11.7 Å². The Kier molecular flexibility index (Phi) is 13.2. The number of nitrogens with two attached hydrogens (primary N) is 1. The van der Waals surface area contributed by atoms with Crippen molar-refractivity contribution in [1.82, 2.24) is 20.3 Å². The Balaban J connectivity index is 1.38. The van der Waals surface area contributed by atoms with Crippen LogP contribution in [0.3, 0.4) is 0 Å². The number of hydrogen-bond donors (Lipinski definition) is 5. The highest BCUT2D eigenvalue weighted by molar-refractivity contribution is 5.95. The maximum atomic E-state index is 12.7. The Bertz CT molecular complexity index is 1270. The maximum Gasteiger partial charge on any atom is 0.251 e.